The van der Waals surface area contributed by atoms with Crippen LogP contribution in [-0.4, -0.2) is 57.9 Å². The summed E-state index contributed by atoms with van der Waals surface area (Å²) in [4.78, 5) is 0. The van der Waals surface area contributed by atoms with E-state index in [0.29, 0.717) is 6.54 Å². The molecule has 6 heteroatoms. The summed E-state index contributed by atoms with van der Waals surface area (Å²) in [5.74, 6) is 0.123. The van der Waals surface area contributed by atoms with Crippen LogP contribution in [0.3, 0.4) is 0 Å². The third-order valence-electron chi connectivity index (χ3n) is 2.76. The number of ether oxygens (including phenoxy) is 1. The first-order valence-electron chi connectivity index (χ1n) is 5.79. The summed E-state index contributed by atoms with van der Waals surface area (Å²) < 4.78 is 29.6. The molecule has 0 radical (unpaired) electrons. The van der Waals surface area contributed by atoms with E-state index in [0.717, 1.165) is 6.42 Å². The van der Waals surface area contributed by atoms with Crippen molar-refractivity contribution in [3.05, 3.63) is 0 Å². The highest BCUT2D eigenvalue weighted by molar-refractivity contribution is 7.89. The zero-order chi connectivity index (χ0) is 13.7. The van der Waals surface area contributed by atoms with Crippen LogP contribution < -0.4 is 5.32 Å². The Morgan fingerprint density at radius 3 is 2.29 bits per heavy atom. The molecule has 0 aromatic carbocycles. The molecule has 0 spiro atoms. The first kappa shape index (κ1) is 16.8. The molecule has 5 nitrogen and oxygen atoms in total. The third-order valence-corrected chi connectivity index (χ3v) is 4.59. The summed E-state index contributed by atoms with van der Waals surface area (Å²) >= 11 is 0. The van der Waals surface area contributed by atoms with E-state index in [9.17, 15) is 8.42 Å². The minimum absolute atomic E-state index is 0.123. The molecule has 0 saturated carbocycles. The number of methoxy groups -OCH3 is 1. The first-order valence-corrected chi connectivity index (χ1v) is 7.40. The van der Waals surface area contributed by atoms with Crippen LogP contribution >= 0.6 is 0 Å². The highest BCUT2D eigenvalue weighted by Crippen LogP contribution is 2.15. The molecule has 1 N–H and O–H groups in total. The van der Waals surface area contributed by atoms with E-state index in [1.165, 1.54) is 4.31 Å². The number of sulfonamides is 1. The Morgan fingerprint density at radius 1 is 1.35 bits per heavy atom. The smallest absolute Gasteiger partial charge is 0.214 e. The molecular weight excluding hydrogens is 240 g/mol. The largest absolute Gasteiger partial charge is 0.379 e. The van der Waals surface area contributed by atoms with Gasteiger partial charge in [0.15, 0.2) is 0 Å². The normalized spacial score (nSPS) is 15.2. The topological polar surface area (TPSA) is 58.6 Å². The standard InChI is InChI=1S/C11H26N2O3S/c1-10(9-11(2,3)16-6)12-7-8-17(14,15)13(4)5/h10,12H,7-9H2,1-6H3. The van der Waals surface area contributed by atoms with Crippen LogP contribution in [0, 0.1) is 0 Å². The van der Waals surface area contributed by atoms with Gasteiger partial charge in [-0.05, 0) is 27.2 Å². The second-order valence-electron chi connectivity index (χ2n) is 5.12. The fourth-order valence-electron chi connectivity index (χ4n) is 1.51. The fraction of sp³-hybridized carbons (Fsp3) is 1.00. The van der Waals surface area contributed by atoms with Crippen LogP contribution in [0.5, 0.6) is 0 Å². The van der Waals surface area contributed by atoms with Gasteiger partial charge in [-0.1, -0.05) is 0 Å². The predicted octanol–water partition coefficient (Wildman–Crippen LogP) is 0.671. The van der Waals surface area contributed by atoms with Gasteiger partial charge >= 0.3 is 0 Å². The van der Waals surface area contributed by atoms with Gasteiger partial charge in [0.1, 0.15) is 0 Å². The Labute approximate surface area is 106 Å². The van der Waals surface area contributed by atoms with Gasteiger partial charge in [-0.25, -0.2) is 12.7 Å². The molecule has 1 atom stereocenters. The van der Waals surface area contributed by atoms with Crippen molar-refractivity contribution in [3.8, 4) is 0 Å². The van der Waals surface area contributed by atoms with Crippen molar-refractivity contribution in [1.29, 1.82) is 0 Å². The minimum Gasteiger partial charge on any atom is -0.379 e. The lowest BCUT2D eigenvalue weighted by molar-refractivity contribution is 0.00875. The van der Waals surface area contributed by atoms with E-state index in [1.54, 1.807) is 21.2 Å². The van der Waals surface area contributed by atoms with E-state index >= 15 is 0 Å². The number of hydrogen-bond acceptors (Lipinski definition) is 4. The molecule has 0 aromatic heterocycles. The zero-order valence-corrected chi connectivity index (χ0v) is 12.6. The SMILES string of the molecule is COC(C)(C)CC(C)NCCS(=O)(=O)N(C)C. The molecule has 0 saturated heterocycles. The maximum atomic E-state index is 11.5. The molecule has 0 rings (SSSR count). The number of nitrogens with one attached hydrogen (secondary N) is 1. The van der Waals surface area contributed by atoms with Crippen LogP contribution in [0.25, 0.3) is 0 Å². The molecule has 17 heavy (non-hydrogen) atoms. The van der Waals surface area contributed by atoms with Crippen molar-refractivity contribution in [1.82, 2.24) is 9.62 Å². The van der Waals surface area contributed by atoms with Gasteiger partial charge in [0.2, 0.25) is 10.0 Å². The molecule has 0 amide bonds. The van der Waals surface area contributed by atoms with E-state index in [-0.39, 0.29) is 17.4 Å². The maximum absolute atomic E-state index is 11.5. The van der Waals surface area contributed by atoms with E-state index in [4.69, 9.17) is 4.74 Å². The van der Waals surface area contributed by atoms with Crippen molar-refractivity contribution in [2.24, 2.45) is 0 Å². The van der Waals surface area contributed by atoms with E-state index in [1.807, 2.05) is 20.8 Å². The fourth-order valence-corrected chi connectivity index (χ4v) is 2.25. The number of hydrogen-bond donors (Lipinski definition) is 1. The number of rotatable bonds is 8. The van der Waals surface area contributed by atoms with Crippen molar-refractivity contribution in [3.63, 3.8) is 0 Å². The lowest BCUT2D eigenvalue weighted by Crippen LogP contribution is -2.39. The molecule has 0 aliphatic rings. The van der Waals surface area contributed by atoms with Gasteiger partial charge in [-0.3, -0.25) is 0 Å². The summed E-state index contributed by atoms with van der Waals surface area (Å²) in [6.45, 7) is 6.52. The monoisotopic (exact) mass is 266 g/mol. The van der Waals surface area contributed by atoms with Crippen molar-refractivity contribution in [2.45, 2.75) is 38.8 Å². The van der Waals surface area contributed by atoms with E-state index in [2.05, 4.69) is 5.32 Å². The Balaban J connectivity index is 3.99. The minimum atomic E-state index is -3.10. The molecule has 0 aliphatic carbocycles. The third kappa shape index (κ3) is 6.98. The Morgan fingerprint density at radius 2 is 1.88 bits per heavy atom. The van der Waals surface area contributed by atoms with Crippen LogP contribution in [0.1, 0.15) is 27.2 Å². The predicted molar refractivity (Wildman–Crippen MR) is 70.6 cm³/mol. The maximum Gasteiger partial charge on any atom is 0.214 e. The quantitative estimate of drug-likeness (QED) is 0.701. The van der Waals surface area contributed by atoms with Gasteiger partial charge in [0.05, 0.1) is 11.4 Å². The molecule has 104 valence electrons. The molecule has 0 heterocycles. The van der Waals surface area contributed by atoms with E-state index < -0.39 is 10.0 Å². The molecule has 0 bridgehead atoms. The van der Waals surface area contributed by atoms with Crippen molar-refractivity contribution >= 4 is 10.0 Å². The lowest BCUT2D eigenvalue weighted by Gasteiger charge is -2.27. The molecule has 0 aromatic rings. The first-order chi connectivity index (χ1) is 7.60. The Bertz CT molecular complexity index is 313. The van der Waals surface area contributed by atoms with Gasteiger partial charge in [0.25, 0.3) is 0 Å². The summed E-state index contributed by atoms with van der Waals surface area (Å²) in [7, 11) is 1.68. The van der Waals surface area contributed by atoms with Gasteiger partial charge in [-0.2, -0.15) is 0 Å². The van der Waals surface area contributed by atoms with Gasteiger partial charge in [0, 0.05) is 33.8 Å². The van der Waals surface area contributed by atoms with Crippen LogP contribution in [0.4, 0.5) is 0 Å². The summed E-state index contributed by atoms with van der Waals surface area (Å²) in [6.07, 6.45) is 0.839. The summed E-state index contributed by atoms with van der Waals surface area (Å²) in [5.41, 5.74) is -0.188. The molecule has 0 aliphatic heterocycles. The highest BCUT2D eigenvalue weighted by Gasteiger charge is 2.20. The average molecular weight is 266 g/mol. The average Bonchev–Trinajstić information content (AvgIpc) is 2.16. The summed E-state index contributed by atoms with van der Waals surface area (Å²) in [5, 5.41) is 3.20. The lowest BCUT2D eigenvalue weighted by atomic mass is 10.00. The molecular formula is C11H26N2O3S. The second-order valence-corrected chi connectivity index (χ2v) is 7.42. The van der Waals surface area contributed by atoms with Crippen molar-refractivity contribution < 1.29 is 13.2 Å². The van der Waals surface area contributed by atoms with Crippen molar-refractivity contribution in [2.75, 3.05) is 33.5 Å². The molecule has 0 fully saturated rings. The zero-order valence-electron chi connectivity index (χ0n) is 11.8. The van der Waals surface area contributed by atoms with Crippen LogP contribution in [0.2, 0.25) is 0 Å². The Hall–Kier alpha value is -0.170. The number of nitrogens with zero attached hydrogens (tertiary/aromatic N) is 1. The Kier molecular flexibility index (Phi) is 6.61. The van der Waals surface area contributed by atoms with Gasteiger partial charge < -0.3 is 10.1 Å². The second kappa shape index (κ2) is 6.68. The van der Waals surface area contributed by atoms with Gasteiger partial charge in [-0.15, -0.1) is 0 Å². The summed E-state index contributed by atoms with van der Waals surface area (Å²) in [6, 6.07) is 0.224. The molecule has 1 unspecified atom stereocenters. The van der Waals surface area contributed by atoms with Crippen LogP contribution in [0.15, 0.2) is 0 Å². The highest BCUT2D eigenvalue weighted by atomic mass is 32.2. The van der Waals surface area contributed by atoms with Crippen LogP contribution in [-0.2, 0) is 14.8 Å².